The minimum absolute atomic E-state index is 0.00832. The number of amides is 2. The van der Waals surface area contributed by atoms with E-state index in [-0.39, 0.29) is 24.7 Å². The van der Waals surface area contributed by atoms with Crippen molar-refractivity contribution >= 4 is 21.8 Å². The zero-order valence-electron chi connectivity index (χ0n) is 18.5. The fourth-order valence-electron chi connectivity index (χ4n) is 3.55. The molecule has 0 spiro atoms. The first kappa shape index (κ1) is 25.1. The van der Waals surface area contributed by atoms with Gasteiger partial charge in [0, 0.05) is 19.3 Å². The van der Waals surface area contributed by atoms with Gasteiger partial charge in [0.15, 0.2) is 0 Å². The van der Waals surface area contributed by atoms with Crippen molar-refractivity contribution in [2.24, 2.45) is 5.92 Å². The van der Waals surface area contributed by atoms with Gasteiger partial charge in [-0.25, -0.2) is 13.2 Å². The number of carbonyl (C=O) groups excluding carboxylic acids is 2. The van der Waals surface area contributed by atoms with Gasteiger partial charge in [-0.3, -0.25) is 4.79 Å². The number of hydrogen-bond donors (Lipinski definition) is 2. The van der Waals surface area contributed by atoms with Gasteiger partial charge in [-0.05, 0) is 43.8 Å². The molecule has 1 aromatic carbocycles. The van der Waals surface area contributed by atoms with Gasteiger partial charge in [-0.2, -0.15) is 0 Å². The highest BCUT2D eigenvalue weighted by Gasteiger charge is 2.24. The lowest BCUT2D eigenvalue weighted by atomic mass is 10.1. The molecular formula is C22H35N3O5S. The van der Waals surface area contributed by atoms with E-state index in [1.807, 2.05) is 30.3 Å². The van der Waals surface area contributed by atoms with Crippen molar-refractivity contribution in [3.05, 3.63) is 35.9 Å². The third kappa shape index (κ3) is 10.6. The topological polar surface area (TPSA) is 105 Å². The number of benzene rings is 1. The van der Waals surface area contributed by atoms with Crippen molar-refractivity contribution in [1.82, 2.24) is 15.5 Å². The van der Waals surface area contributed by atoms with Crippen molar-refractivity contribution in [3.63, 3.8) is 0 Å². The molecule has 9 heteroatoms. The number of piperidine rings is 1. The number of hydrogen-bond acceptors (Lipinski definition) is 6. The summed E-state index contributed by atoms with van der Waals surface area (Å²) in [6.07, 6.45) is 4.04. The molecule has 174 valence electrons. The van der Waals surface area contributed by atoms with Crippen LogP contribution in [0.25, 0.3) is 0 Å². The van der Waals surface area contributed by atoms with E-state index in [0.29, 0.717) is 6.54 Å². The Morgan fingerprint density at radius 3 is 2.45 bits per heavy atom. The highest BCUT2D eigenvalue weighted by molar-refractivity contribution is 7.90. The Morgan fingerprint density at radius 1 is 1.13 bits per heavy atom. The third-order valence-electron chi connectivity index (χ3n) is 5.24. The first-order chi connectivity index (χ1) is 14.7. The molecule has 8 nitrogen and oxygen atoms in total. The number of nitrogens with one attached hydrogen (secondary N) is 2. The Kier molecular flexibility index (Phi) is 10.3. The smallest absolute Gasteiger partial charge is 0.408 e. The average molecular weight is 454 g/mol. The summed E-state index contributed by atoms with van der Waals surface area (Å²) in [5.74, 6) is -0.346. The summed E-state index contributed by atoms with van der Waals surface area (Å²) in [4.78, 5) is 27.3. The normalized spacial score (nSPS) is 16.8. The molecule has 2 rings (SSSR count). The number of ether oxygens (including phenoxy) is 1. The number of nitrogens with zero attached hydrogens (tertiary/aromatic N) is 1. The molecule has 2 unspecified atom stereocenters. The Morgan fingerprint density at radius 2 is 1.81 bits per heavy atom. The van der Waals surface area contributed by atoms with Crippen LogP contribution in [0.15, 0.2) is 30.3 Å². The van der Waals surface area contributed by atoms with Gasteiger partial charge >= 0.3 is 6.09 Å². The van der Waals surface area contributed by atoms with Gasteiger partial charge < -0.3 is 20.3 Å². The fourth-order valence-corrected chi connectivity index (χ4v) is 4.22. The zero-order chi connectivity index (χ0) is 22.7. The lowest BCUT2D eigenvalue weighted by molar-refractivity contribution is -0.123. The van der Waals surface area contributed by atoms with Crippen LogP contribution in [0.1, 0.15) is 38.2 Å². The fraction of sp³-hybridized carbons (Fsp3) is 0.636. The predicted octanol–water partition coefficient (Wildman–Crippen LogP) is 1.95. The van der Waals surface area contributed by atoms with Crippen molar-refractivity contribution in [2.45, 2.75) is 45.3 Å². The zero-order valence-corrected chi connectivity index (χ0v) is 19.3. The van der Waals surface area contributed by atoms with Gasteiger partial charge in [0.05, 0.1) is 5.75 Å². The van der Waals surface area contributed by atoms with Crippen LogP contribution in [0, 0.1) is 5.92 Å². The van der Waals surface area contributed by atoms with E-state index >= 15 is 0 Å². The van der Waals surface area contributed by atoms with Crippen molar-refractivity contribution < 1.29 is 22.7 Å². The second-order valence-electron chi connectivity index (χ2n) is 8.39. The molecule has 31 heavy (non-hydrogen) atoms. The highest BCUT2D eigenvalue weighted by atomic mass is 32.2. The molecule has 0 aromatic heterocycles. The van der Waals surface area contributed by atoms with Crippen LogP contribution < -0.4 is 10.6 Å². The molecule has 0 saturated carbocycles. The molecule has 2 N–H and O–H groups in total. The van der Waals surface area contributed by atoms with Crippen LogP contribution in [0.4, 0.5) is 4.79 Å². The predicted molar refractivity (Wildman–Crippen MR) is 120 cm³/mol. The second-order valence-corrected chi connectivity index (χ2v) is 10.6. The van der Waals surface area contributed by atoms with Crippen molar-refractivity contribution in [3.8, 4) is 0 Å². The summed E-state index contributed by atoms with van der Waals surface area (Å²) in [5.41, 5.74) is 0.821. The Labute approximate surface area is 185 Å². The summed E-state index contributed by atoms with van der Waals surface area (Å²) in [5, 5.41) is 5.37. The standard InChI is InChI=1S/C22H35N3O5S/c1-18(16-25-12-7-4-8-13-25)15-23-21(26)20(11-14-31(2,28)29)24-22(27)30-17-19-9-5-3-6-10-19/h3,5-6,9-10,18,20H,4,7-8,11-17H2,1-2H3,(H,23,26)(H,24,27). The summed E-state index contributed by atoms with van der Waals surface area (Å²) in [6.45, 7) is 5.68. The molecule has 0 bridgehead atoms. The van der Waals surface area contributed by atoms with Gasteiger partial charge in [0.1, 0.15) is 22.5 Å². The first-order valence-electron chi connectivity index (χ1n) is 10.9. The molecule has 1 aliphatic heterocycles. The molecule has 1 heterocycles. The van der Waals surface area contributed by atoms with Crippen LogP contribution in [0.5, 0.6) is 0 Å². The molecule has 0 radical (unpaired) electrons. The molecule has 0 aliphatic carbocycles. The number of carbonyl (C=O) groups is 2. The maximum Gasteiger partial charge on any atom is 0.408 e. The molecule has 1 fully saturated rings. The monoisotopic (exact) mass is 453 g/mol. The van der Waals surface area contributed by atoms with Crippen molar-refractivity contribution in [2.75, 3.05) is 38.2 Å². The maximum absolute atomic E-state index is 12.7. The number of rotatable bonds is 11. The van der Waals surface area contributed by atoms with E-state index in [2.05, 4.69) is 22.5 Å². The molecule has 2 atom stereocenters. The van der Waals surface area contributed by atoms with E-state index in [4.69, 9.17) is 4.74 Å². The average Bonchev–Trinajstić information content (AvgIpc) is 2.74. The number of sulfone groups is 1. The minimum atomic E-state index is -3.27. The van der Waals surface area contributed by atoms with Crippen LogP contribution in [0.3, 0.4) is 0 Å². The summed E-state index contributed by atoms with van der Waals surface area (Å²) in [7, 11) is -3.27. The Hall–Kier alpha value is -2.13. The Bertz CT molecular complexity index is 795. The van der Waals surface area contributed by atoms with E-state index in [1.165, 1.54) is 19.3 Å². The number of alkyl carbamates (subject to hydrolysis) is 1. The van der Waals surface area contributed by atoms with E-state index in [0.717, 1.165) is 31.5 Å². The molecule has 1 aliphatic rings. The van der Waals surface area contributed by atoms with Gasteiger partial charge in [-0.1, -0.05) is 43.7 Å². The summed E-state index contributed by atoms with van der Waals surface area (Å²) in [6, 6.07) is 8.21. The summed E-state index contributed by atoms with van der Waals surface area (Å²) >= 11 is 0. The first-order valence-corrected chi connectivity index (χ1v) is 12.9. The van der Waals surface area contributed by atoms with Gasteiger partial charge in [-0.15, -0.1) is 0 Å². The molecule has 2 amide bonds. The largest absolute Gasteiger partial charge is 0.445 e. The number of likely N-dealkylation sites (tertiary alicyclic amines) is 1. The van der Waals surface area contributed by atoms with Gasteiger partial charge in [0.25, 0.3) is 0 Å². The summed E-state index contributed by atoms with van der Waals surface area (Å²) < 4.78 is 28.3. The SMILES string of the molecule is CC(CNC(=O)C(CCS(C)(=O)=O)NC(=O)OCc1ccccc1)CN1CCCCC1. The van der Waals surface area contributed by atoms with E-state index in [1.54, 1.807) is 0 Å². The van der Waals surface area contributed by atoms with Crippen LogP contribution >= 0.6 is 0 Å². The quantitative estimate of drug-likeness (QED) is 0.531. The highest BCUT2D eigenvalue weighted by Crippen LogP contribution is 2.10. The molecule has 1 aromatic rings. The lowest BCUT2D eigenvalue weighted by Crippen LogP contribution is -2.49. The second kappa shape index (κ2) is 12.7. The molecule has 1 saturated heterocycles. The lowest BCUT2D eigenvalue weighted by Gasteiger charge is -2.29. The molecular weight excluding hydrogens is 418 g/mol. The van der Waals surface area contributed by atoms with Gasteiger partial charge in [0.2, 0.25) is 5.91 Å². The maximum atomic E-state index is 12.7. The Balaban J connectivity index is 1.84. The van der Waals surface area contributed by atoms with Crippen LogP contribution in [-0.4, -0.2) is 69.5 Å². The van der Waals surface area contributed by atoms with E-state index < -0.39 is 27.9 Å². The third-order valence-corrected chi connectivity index (χ3v) is 6.22. The van der Waals surface area contributed by atoms with Crippen LogP contribution in [-0.2, 0) is 26.0 Å². The minimum Gasteiger partial charge on any atom is -0.445 e. The van der Waals surface area contributed by atoms with E-state index in [9.17, 15) is 18.0 Å². The van der Waals surface area contributed by atoms with Crippen LogP contribution in [0.2, 0.25) is 0 Å². The van der Waals surface area contributed by atoms with Crippen molar-refractivity contribution in [1.29, 1.82) is 0 Å².